The van der Waals surface area contributed by atoms with Gasteiger partial charge in [-0.15, -0.1) is 11.3 Å². The molecule has 3 heterocycles. The summed E-state index contributed by atoms with van der Waals surface area (Å²) >= 11 is 1.77. The molecule has 6 heteroatoms. The van der Waals surface area contributed by atoms with E-state index in [1.54, 1.807) is 28.2 Å². The SMILES string of the molecule is CC(=O)c1cc(C(=O)N2CCN(Cc3cccs3)CC2)n(C)c1. The summed E-state index contributed by atoms with van der Waals surface area (Å²) in [6.07, 6.45) is 1.72. The molecule has 0 spiro atoms. The van der Waals surface area contributed by atoms with Crippen LogP contribution in [0.2, 0.25) is 0 Å². The number of ketones is 1. The lowest BCUT2D eigenvalue weighted by Gasteiger charge is -2.34. The molecular formula is C17H21N3O2S. The molecule has 0 saturated carbocycles. The molecule has 0 bridgehead atoms. The monoisotopic (exact) mass is 331 g/mol. The van der Waals surface area contributed by atoms with Gasteiger partial charge in [0.25, 0.3) is 5.91 Å². The van der Waals surface area contributed by atoms with Gasteiger partial charge in [0, 0.05) is 56.4 Å². The van der Waals surface area contributed by atoms with Gasteiger partial charge in [-0.3, -0.25) is 14.5 Å². The molecule has 5 nitrogen and oxygen atoms in total. The molecule has 1 saturated heterocycles. The molecule has 1 aliphatic rings. The third kappa shape index (κ3) is 3.54. The van der Waals surface area contributed by atoms with Crippen LogP contribution in [-0.2, 0) is 13.6 Å². The van der Waals surface area contributed by atoms with E-state index >= 15 is 0 Å². The van der Waals surface area contributed by atoms with E-state index in [-0.39, 0.29) is 11.7 Å². The maximum absolute atomic E-state index is 12.7. The van der Waals surface area contributed by atoms with Gasteiger partial charge in [0.05, 0.1) is 0 Å². The second-order valence-electron chi connectivity index (χ2n) is 5.93. The van der Waals surface area contributed by atoms with Crippen molar-refractivity contribution in [2.45, 2.75) is 13.5 Å². The summed E-state index contributed by atoms with van der Waals surface area (Å²) in [7, 11) is 1.81. The van der Waals surface area contributed by atoms with Crippen molar-refractivity contribution in [3.8, 4) is 0 Å². The molecule has 2 aromatic heterocycles. The number of aryl methyl sites for hydroxylation is 1. The zero-order valence-electron chi connectivity index (χ0n) is 13.5. The second kappa shape index (κ2) is 6.68. The molecule has 0 aliphatic carbocycles. The van der Waals surface area contributed by atoms with Crippen molar-refractivity contribution in [1.82, 2.24) is 14.4 Å². The van der Waals surface area contributed by atoms with Crippen molar-refractivity contribution in [3.05, 3.63) is 45.9 Å². The van der Waals surface area contributed by atoms with Crippen LogP contribution in [0.3, 0.4) is 0 Å². The van der Waals surface area contributed by atoms with Gasteiger partial charge in [-0.1, -0.05) is 6.07 Å². The predicted octanol–water partition coefficient (Wildman–Crippen LogP) is 2.25. The maximum Gasteiger partial charge on any atom is 0.270 e. The zero-order chi connectivity index (χ0) is 16.4. The summed E-state index contributed by atoms with van der Waals surface area (Å²) in [5.41, 5.74) is 1.18. The Morgan fingerprint density at radius 2 is 1.96 bits per heavy atom. The number of aromatic nitrogens is 1. The topological polar surface area (TPSA) is 45.6 Å². The van der Waals surface area contributed by atoms with Crippen LogP contribution in [0.15, 0.2) is 29.8 Å². The Kier molecular flexibility index (Phi) is 4.63. The highest BCUT2D eigenvalue weighted by molar-refractivity contribution is 7.09. The van der Waals surface area contributed by atoms with Gasteiger partial charge < -0.3 is 9.47 Å². The summed E-state index contributed by atoms with van der Waals surface area (Å²) in [4.78, 5) is 29.7. The molecule has 1 amide bonds. The first kappa shape index (κ1) is 16.0. The number of hydrogen-bond donors (Lipinski definition) is 0. The fraction of sp³-hybridized carbons (Fsp3) is 0.412. The lowest BCUT2D eigenvalue weighted by molar-refractivity contribution is 0.0620. The van der Waals surface area contributed by atoms with Gasteiger partial charge >= 0.3 is 0 Å². The van der Waals surface area contributed by atoms with E-state index in [1.165, 1.54) is 11.8 Å². The van der Waals surface area contributed by atoms with Crippen molar-refractivity contribution >= 4 is 23.0 Å². The number of amides is 1. The highest BCUT2D eigenvalue weighted by Gasteiger charge is 2.24. The van der Waals surface area contributed by atoms with Crippen LogP contribution >= 0.6 is 11.3 Å². The van der Waals surface area contributed by atoms with E-state index in [4.69, 9.17) is 0 Å². The van der Waals surface area contributed by atoms with E-state index < -0.39 is 0 Å². The quantitative estimate of drug-likeness (QED) is 0.807. The average molecular weight is 331 g/mol. The Labute approximate surface area is 140 Å². The molecule has 2 aromatic rings. The minimum atomic E-state index is -0.0135. The summed E-state index contributed by atoms with van der Waals surface area (Å²) in [6.45, 7) is 5.70. The maximum atomic E-state index is 12.7. The fourth-order valence-electron chi connectivity index (χ4n) is 2.86. The minimum absolute atomic E-state index is 0.00998. The van der Waals surface area contributed by atoms with E-state index in [9.17, 15) is 9.59 Å². The first-order chi connectivity index (χ1) is 11.0. The molecule has 1 aliphatic heterocycles. The highest BCUT2D eigenvalue weighted by atomic mass is 32.1. The van der Waals surface area contributed by atoms with Crippen LogP contribution in [0.25, 0.3) is 0 Å². The van der Waals surface area contributed by atoms with Crippen molar-refractivity contribution in [1.29, 1.82) is 0 Å². The first-order valence-corrected chi connectivity index (χ1v) is 8.64. The molecule has 122 valence electrons. The third-order valence-corrected chi connectivity index (χ3v) is 5.11. The number of carbonyl (C=O) groups is 2. The molecule has 0 aromatic carbocycles. The number of thiophene rings is 1. The molecule has 0 radical (unpaired) electrons. The van der Waals surface area contributed by atoms with Gasteiger partial charge in [0.15, 0.2) is 5.78 Å². The normalized spacial score (nSPS) is 15.8. The Bertz CT molecular complexity index is 698. The highest BCUT2D eigenvalue weighted by Crippen LogP contribution is 2.16. The lowest BCUT2D eigenvalue weighted by Crippen LogP contribution is -2.48. The van der Waals surface area contributed by atoms with E-state index in [2.05, 4.69) is 22.4 Å². The van der Waals surface area contributed by atoms with Gasteiger partial charge in [-0.05, 0) is 24.4 Å². The van der Waals surface area contributed by atoms with Crippen LogP contribution < -0.4 is 0 Å². The van der Waals surface area contributed by atoms with Crippen molar-refractivity contribution < 1.29 is 9.59 Å². The van der Waals surface area contributed by atoms with Crippen LogP contribution in [-0.4, -0.2) is 52.2 Å². The van der Waals surface area contributed by atoms with Crippen molar-refractivity contribution in [2.75, 3.05) is 26.2 Å². The van der Waals surface area contributed by atoms with Gasteiger partial charge in [0.2, 0.25) is 0 Å². The van der Waals surface area contributed by atoms with Gasteiger partial charge in [-0.2, -0.15) is 0 Å². The van der Waals surface area contributed by atoms with Crippen molar-refractivity contribution in [3.63, 3.8) is 0 Å². The van der Waals surface area contributed by atoms with E-state index in [0.717, 1.165) is 32.7 Å². The van der Waals surface area contributed by atoms with E-state index in [1.807, 2.05) is 11.9 Å². The Hall–Kier alpha value is -1.92. The number of rotatable bonds is 4. The standard InChI is InChI=1S/C17H21N3O2S/c1-13(21)14-10-16(18(2)11-14)17(22)20-7-5-19(6-8-20)12-15-4-3-9-23-15/h3-4,9-11H,5-8,12H2,1-2H3. The first-order valence-electron chi connectivity index (χ1n) is 7.76. The average Bonchev–Trinajstić information content (AvgIpc) is 3.17. The number of nitrogens with zero attached hydrogens (tertiary/aromatic N) is 3. The third-order valence-electron chi connectivity index (χ3n) is 4.25. The number of Topliss-reactive ketones (excluding diaryl/α,β-unsaturated/α-hetero) is 1. The second-order valence-corrected chi connectivity index (χ2v) is 6.96. The number of hydrogen-bond acceptors (Lipinski definition) is 4. The molecule has 3 rings (SSSR count). The van der Waals surface area contributed by atoms with Crippen LogP contribution in [0.1, 0.15) is 32.6 Å². The molecule has 1 fully saturated rings. The molecule has 23 heavy (non-hydrogen) atoms. The summed E-state index contributed by atoms with van der Waals surface area (Å²) in [6, 6.07) is 5.92. The lowest BCUT2D eigenvalue weighted by atomic mass is 10.2. The summed E-state index contributed by atoms with van der Waals surface area (Å²) in [5, 5.41) is 2.09. The summed E-state index contributed by atoms with van der Waals surface area (Å²) < 4.78 is 1.75. The Morgan fingerprint density at radius 1 is 1.22 bits per heavy atom. The van der Waals surface area contributed by atoms with E-state index in [0.29, 0.717) is 11.3 Å². The van der Waals surface area contributed by atoms with Crippen LogP contribution in [0, 0.1) is 0 Å². The van der Waals surface area contributed by atoms with Gasteiger partial charge in [-0.25, -0.2) is 0 Å². The Morgan fingerprint density at radius 3 is 2.52 bits per heavy atom. The largest absolute Gasteiger partial charge is 0.346 e. The zero-order valence-corrected chi connectivity index (χ0v) is 14.3. The number of carbonyl (C=O) groups excluding carboxylic acids is 2. The molecule has 0 unspecified atom stereocenters. The molecule has 0 atom stereocenters. The van der Waals surface area contributed by atoms with Crippen LogP contribution in [0.4, 0.5) is 0 Å². The summed E-state index contributed by atoms with van der Waals surface area (Å²) in [5.74, 6) is -0.00353. The molecule has 0 N–H and O–H groups in total. The predicted molar refractivity (Wildman–Crippen MR) is 90.9 cm³/mol. The van der Waals surface area contributed by atoms with Crippen molar-refractivity contribution in [2.24, 2.45) is 7.05 Å². The van der Waals surface area contributed by atoms with Gasteiger partial charge in [0.1, 0.15) is 5.69 Å². The fourth-order valence-corrected chi connectivity index (χ4v) is 3.61. The molecular weight excluding hydrogens is 310 g/mol. The number of piperazine rings is 1. The smallest absolute Gasteiger partial charge is 0.270 e. The Balaban J connectivity index is 1.61. The van der Waals surface area contributed by atoms with Crippen LogP contribution in [0.5, 0.6) is 0 Å². The minimum Gasteiger partial charge on any atom is -0.346 e.